The highest BCUT2D eigenvalue weighted by atomic mass is 35.5. The third kappa shape index (κ3) is 4.65. The van der Waals surface area contributed by atoms with Crippen molar-refractivity contribution in [3.63, 3.8) is 0 Å². The van der Waals surface area contributed by atoms with Crippen molar-refractivity contribution >= 4 is 23.2 Å². The Morgan fingerprint density at radius 2 is 1.89 bits per heavy atom. The molecule has 0 amide bonds. The normalized spacial score (nSPS) is 11.5. The lowest BCUT2D eigenvalue weighted by Gasteiger charge is -2.20. The number of anilines is 2. The molecule has 0 aliphatic heterocycles. The van der Waals surface area contributed by atoms with Crippen LogP contribution in [-0.2, 0) is 12.0 Å². The van der Waals surface area contributed by atoms with Crippen LogP contribution in [0.4, 0.5) is 16.0 Å². The Kier molecular flexibility index (Phi) is 5.93. The second kappa shape index (κ2) is 8.22. The summed E-state index contributed by atoms with van der Waals surface area (Å²) in [6.45, 7) is 3.60. The third-order valence-corrected chi connectivity index (χ3v) is 4.57. The zero-order chi connectivity index (χ0) is 20.3. The summed E-state index contributed by atoms with van der Waals surface area (Å²) >= 11 is 6.25. The molecule has 0 unspecified atom stereocenters. The number of benzene rings is 2. The van der Waals surface area contributed by atoms with E-state index < -0.39 is 11.4 Å². The molecule has 5 nitrogen and oxygen atoms in total. The first-order valence-corrected chi connectivity index (χ1v) is 9.24. The Labute approximate surface area is 168 Å². The highest BCUT2D eigenvalue weighted by Crippen LogP contribution is 2.30. The molecule has 0 saturated heterocycles. The number of hydrogen-bond acceptors (Lipinski definition) is 5. The van der Waals surface area contributed by atoms with Crippen molar-refractivity contribution < 1.29 is 9.50 Å². The molecule has 0 saturated carbocycles. The topological polar surface area (TPSA) is 84.1 Å². The summed E-state index contributed by atoms with van der Waals surface area (Å²) in [6, 6.07) is 12.4. The number of aliphatic hydroxyl groups is 1. The van der Waals surface area contributed by atoms with Gasteiger partial charge in [-0.3, -0.25) is 0 Å². The van der Waals surface area contributed by atoms with Crippen LogP contribution in [-0.4, -0.2) is 21.7 Å². The van der Waals surface area contributed by atoms with Crippen LogP contribution in [0.5, 0.6) is 0 Å². The van der Waals surface area contributed by atoms with E-state index in [1.165, 1.54) is 12.3 Å². The minimum Gasteiger partial charge on any atom is -0.396 e. The standard InChI is InChI=1S/C21H22ClFN4O/c1-21(2,24)16-8-5-14(11-18(16)23)19-17(22)12-25-20(27-19)26-15-6-3-13(4-7-15)9-10-28/h3-8,11-12,28H,9-10,24H2,1-2H3,(H,25,26,27). The van der Waals surface area contributed by atoms with Gasteiger partial charge in [0.15, 0.2) is 0 Å². The van der Waals surface area contributed by atoms with Crippen molar-refractivity contribution in [2.45, 2.75) is 25.8 Å². The molecule has 2 aromatic carbocycles. The van der Waals surface area contributed by atoms with Crippen molar-refractivity contribution in [2.24, 2.45) is 5.73 Å². The van der Waals surface area contributed by atoms with Gasteiger partial charge in [-0.2, -0.15) is 0 Å². The van der Waals surface area contributed by atoms with Gasteiger partial charge in [0.25, 0.3) is 0 Å². The average molecular weight is 401 g/mol. The second-order valence-electron chi connectivity index (χ2n) is 7.10. The van der Waals surface area contributed by atoms with E-state index in [-0.39, 0.29) is 6.61 Å². The van der Waals surface area contributed by atoms with Gasteiger partial charge < -0.3 is 16.2 Å². The number of rotatable bonds is 6. The molecule has 3 rings (SSSR count). The van der Waals surface area contributed by atoms with Gasteiger partial charge in [0.2, 0.25) is 5.95 Å². The number of hydrogen-bond donors (Lipinski definition) is 3. The minimum atomic E-state index is -0.785. The molecule has 1 heterocycles. The van der Waals surface area contributed by atoms with Gasteiger partial charge in [-0.15, -0.1) is 0 Å². The lowest BCUT2D eigenvalue weighted by Crippen LogP contribution is -2.29. The van der Waals surface area contributed by atoms with Crippen molar-refractivity contribution in [1.29, 1.82) is 0 Å². The number of nitrogens with one attached hydrogen (secondary N) is 1. The van der Waals surface area contributed by atoms with Gasteiger partial charge >= 0.3 is 0 Å². The molecule has 0 radical (unpaired) electrons. The fourth-order valence-corrected chi connectivity index (χ4v) is 3.03. The molecule has 28 heavy (non-hydrogen) atoms. The largest absolute Gasteiger partial charge is 0.396 e. The summed E-state index contributed by atoms with van der Waals surface area (Å²) in [4.78, 5) is 8.63. The van der Waals surface area contributed by atoms with Crippen LogP contribution in [0.25, 0.3) is 11.3 Å². The number of aromatic nitrogens is 2. The number of aliphatic hydroxyl groups excluding tert-OH is 1. The van der Waals surface area contributed by atoms with Crippen LogP contribution >= 0.6 is 11.6 Å². The molecule has 0 bridgehead atoms. The molecule has 146 valence electrons. The van der Waals surface area contributed by atoms with Crippen molar-refractivity contribution in [1.82, 2.24) is 9.97 Å². The van der Waals surface area contributed by atoms with E-state index in [4.69, 9.17) is 22.4 Å². The molecule has 0 fully saturated rings. The van der Waals surface area contributed by atoms with Crippen LogP contribution in [0.2, 0.25) is 5.02 Å². The van der Waals surface area contributed by atoms with Crippen LogP contribution in [0.1, 0.15) is 25.0 Å². The quantitative estimate of drug-likeness (QED) is 0.570. The van der Waals surface area contributed by atoms with Crippen LogP contribution in [0.3, 0.4) is 0 Å². The second-order valence-corrected chi connectivity index (χ2v) is 7.51. The summed E-state index contributed by atoms with van der Waals surface area (Å²) < 4.78 is 14.5. The summed E-state index contributed by atoms with van der Waals surface area (Å²) in [7, 11) is 0. The zero-order valence-electron chi connectivity index (χ0n) is 15.7. The fourth-order valence-electron chi connectivity index (χ4n) is 2.83. The van der Waals surface area contributed by atoms with Gasteiger partial charge in [-0.1, -0.05) is 35.9 Å². The highest BCUT2D eigenvalue weighted by Gasteiger charge is 2.20. The monoisotopic (exact) mass is 400 g/mol. The lowest BCUT2D eigenvalue weighted by atomic mass is 9.93. The van der Waals surface area contributed by atoms with Gasteiger partial charge in [-0.05, 0) is 44.0 Å². The van der Waals surface area contributed by atoms with Gasteiger partial charge in [0.1, 0.15) is 5.82 Å². The smallest absolute Gasteiger partial charge is 0.227 e. The first kappa shape index (κ1) is 20.2. The predicted molar refractivity (Wildman–Crippen MR) is 110 cm³/mol. The van der Waals surface area contributed by atoms with Crippen LogP contribution in [0, 0.1) is 5.82 Å². The molecule has 1 aromatic heterocycles. The molecule has 0 aliphatic rings. The van der Waals surface area contributed by atoms with E-state index >= 15 is 0 Å². The third-order valence-electron chi connectivity index (χ3n) is 4.29. The summed E-state index contributed by atoms with van der Waals surface area (Å²) in [5, 5.41) is 12.4. The number of halogens is 2. The van der Waals surface area contributed by atoms with E-state index in [1.807, 2.05) is 24.3 Å². The maximum Gasteiger partial charge on any atom is 0.227 e. The van der Waals surface area contributed by atoms with Crippen LogP contribution in [0.15, 0.2) is 48.7 Å². The van der Waals surface area contributed by atoms with Crippen molar-refractivity contribution in [2.75, 3.05) is 11.9 Å². The summed E-state index contributed by atoms with van der Waals surface area (Å²) in [5.41, 5.74) is 8.43. The van der Waals surface area contributed by atoms with Crippen molar-refractivity contribution in [3.05, 3.63) is 70.6 Å². The van der Waals surface area contributed by atoms with E-state index in [2.05, 4.69) is 15.3 Å². The Morgan fingerprint density at radius 3 is 2.50 bits per heavy atom. The first-order valence-electron chi connectivity index (χ1n) is 8.86. The molecule has 3 aromatic rings. The Bertz CT molecular complexity index is 971. The summed E-state index contributed by atoms with van der Waals surface area (Å²) in [6.07, 6.45) is 2.08. The molecule has 0 spiro atoms. The lowest BCUT2D eigenvalue weighted by molar-refractivity contribution is 0.299. The van der Waals surface area contributed by atoms with Crippen LogP contribution < -0.4 is 11.1 Å². The maximum atomic E-state index is 14.5. The average Bonchev–Trinajstić information content (AvgIpc) is 2.64. The molecule has 7 heteroatoms. The Morgan fingerprint density at radius 1 is 1.18 bits per heavy atom. The predicted octanol–water partition coefficient (Wildman–Crippen LogP) is 4.41. The maximum absolute atomic E-state index is 14.5. The number of nitrogens with zero attached hydrogens (tertiary/aromatic N) is 2. The van der Waals surface area contributed by atoms with Gasteiger partial charge in [0, 0.05) is 29.0 Å². The summed E-state index contributed by atoms with van der Waals surface area (Å²) in [5.74, 6) is -0.0633. The molecule has 0 atom stereocenters. The zero-order valence-corrected chi connectivity index (χ0v) is 16.5. The highest BCUT2D eigenvalue weighted by molar-refractivity contribution is 6.32. The fraction of sp³-hybridized carbons (Fsp3) is 0.238. The van der Waals surface area contributed by atoms with Gasteiger partial charge in [0.05, 0.1) is 16.9 Å². The van der Waals surface area contributed by atoms with E-state index in [0.717, 1.165) is 11.3 Å². The van der Waals surface area contributed by atoms with Gasteiger partial charge in [-0.25, -0.2) is 14.4 Å². The molecular weight excluding hydrogens is 379 g/mol. The first-order chi connectivity index (χ1) is 13.3. The van der Waals surface area contributed by atoms with E-state index in [0.29, 0.717) is 34.2 Å². The van der Waals surface area contributed by atoms with Crippen molar-refractivity contribution in [3.8, 4) is 11.3 Å². The Balaban J connectivity index is 1.88. The van der Waals surface area contributed by atoms with E-state index in [1.54, 1.807) is 26.0 Å². The van der Waals surface area contributed by atoms with E-state index in [9.17, 15) is 4.39 Å². The molecule has 4 N–H and O–H groups in total. The molecular formula is C21H22ClFN4O. The minimum absolute atomic E-state index is 0.104. The number of nitrogens with two attached hydrogens (primary N) is 1. The Hall–Kier alpha value is -2.54. The SMILES string of the molecule is CC(C)(N)c1ccc(-c2nc(Nc3ccc(CCO)cc3)ncc2Cl)cc1F. The molecule has 0 aliphatic carbocycles.